The summed E-state index contributed by atoms with van der Waals surface area (Å²) in [5.74, 6) is -0.251. The summed E-state index contributed by atoms with van der Waals surface area (Å²) in [5, 5.41) is 3.98. The van der Waals surface area contributed by atoms with Gasteiger partial charge in [0.1, 0.15) is 5.76 Å². The summed E-state index contributed by atoms with van der Waals surface area (Å²) in [5.41, 5.74) is -1.02. The molecule has 4 nitrogen and oxygen atoms in total. The largest absolute Gasteiger partial charge is 0.465 e. The lowest BCUT2D eigenvalue weighted by Crippen LogP contribution is -2.19. The van der Waals surface area contributed by atoms with E-state index >= 15 is 0 Å². The zero-order valence-electron chi connectivity index (χ0n) is 12.2. The van der Waals surface area contributed by atoms with Crippen molar-refractivity contribution in [2.45, 2.75) is 6.18 Å². The summed E-state index contributed by atoms with van der Waals surface area (Å²) < 4.78 is 45.0. The van der Waals surface area contributed by atoms with Gasteiger partial charge in [0.25, 0.3) is 5.91 Å². The van der Waals surface area contributed by atoms with Crippen LogP contribution in [0.4, 0.5) is 13.2 Å². The molecule has 0 saturated carbocycles. The topological polar surface area (TPSA) is 48.0 Å². The van der Waals surface area contributed by atoms with Crippen molar-refractivity contribution in [2.24, 2.45) is 0 Å². The number of nitrogens with zero attached hydrogens (tertiary/aromatic N) is 2. The van der Waals surface area contributed by atoms with Crippen LogP contribution in [0.25, 0.3) is 12.2 Å². The SMILES string of the molecule is O=C(c1ccccc1C(F)(F)F)n1ccc(/C=C/c2ccco2)n1. The zero-order valence-corrected chi connectivity index (χ0v) is 12.2. The Kier molecular flexibility index (Phi) is 4.07. The van der Waals surface area contributed by atoms with Gasteiger partial charge >= 0.3 is 6.18 Å². The minimum absolute atomic E-state index is 0.421. The van der Waals surface area contributed by atoms with Crippen molar-refractivity contribution in [2.75, 3.05) is 0 Å². The molecule has 0 N–H and O–H groups in total. The third-order valence-corrected chi connectivity index (χ3v) is 3.24. The molecule has 24 heavy (non-hydrogen) atoms. The van der Waals surface area contributed by atoms with Crippen LogP contribution in [-0.4, -0.2) is 15.7 Å². The summed E-state index contributed by atoms with van der Waals surface area (Å²) >= 11 is 0. The lowest BCUT2D eigenvalue weighted by molar-refractivity contribution is -0.137. The van der Waals surface area contributed by atoms with Gasteiger partial charge in [-0.1, -0.05) is 12.1 Å². The molecule has 2 aromatic heterocycles. The second-order valence-corrected chi connectivity index (χ2v) is 4.88. The molecule has 3 rings (SSSR count). The summed E-state index contributed by atoms with van der Waals surface area (Å²) in [6.07, 6.45) is 1.45. The molecule has 2 heterocycles. The fourth-order valence-electron chi connectivity index (χ4n) is 2.13. The van der Waals surface area contributed by atoms with Crippen LogP contribution in [0.3, 0.4) is 0 Å². The number of furan rings is 1. The summed E-state index contributed by atoms with van der Waals surface area (Å²) in [6.45, 7) is 0. The predicted octanol–water partition coefficient (Wildman–Crippen LogP) is 4.35. The maximum absolute atomic E-state index is 13.0. The van der Waals surface area contributed by atoms with Crippen LogP contribution in [0.1, 0.15) is 27.4 Å². The van der Waals surface area contributed by atoms with E-state index in [4.69, 9.17) is 4.42 Å². The van der Waals surface area contributed by atoms with Gasteiger partial charge in [0.2, 0.25) is 0 Å². The first-order valence-corrected chi connectivity index (χ1v) is 6.93. The second-order valence-electron chi connectivity index (χ2n) is 4.88. The summed E-state index contributed by atoms with van der Waals surface area (Å²) in [6, 6.07) is 9.59. The maximum atomic E-state index is 13.0. The molecule has 0 fully saturated rings. The molecule has 0 amide bonds. The normalized spacial score (nSPS) is 12.0. The predicted molar refractivity (Wildman–Crippen MR) is 81.0 cm³/mol. The maximum Gasteiger partial charge on any atom is 0.417 e. The molecule has 0 bridgehead atoms. The van der Waals surface area contributed by atoms with E-state index < -0.39 is 23.2 Å². The van der Waals surface area contributed by atoms with E-state index in [0.717, 1.165) is 16.8 Å². The number of carbonyl (C=O) groups is 1. The molecule has 7 heteroatoms. The van der Waals surface area contributed by atoms with Gasteiger partial charge in [-0.15, -0.1) is 0 Å². The molecule has 0 aliphatic rings. The smallest absolute Gasteiger partial charge is 0.417 e. The molecule has 0 unspecified atom stereocenters. The number of hydrogen-bond acceptors (Lipinski definition) is 3. The van der Waals surface area contributed by atoms with Gasteiger partial charge < -0.3 is 4.42 Å². The van der Waals surface area contributed by atoms with Gasteiger partial charge in [-0.25, -0.2) is 4.68 Å². The third-order valence-electron chi connectivity index (χ3n) is 3.24. The fraction of sp³-hybridized carbons (Fsp3) is 0.0588. The van der Waals surface area contributed by atoms with Crippen LogP contribution in [0.15, 0.2) is 59.3 Å². The zero-order chi connectivity index (χ0) is 17.2. The molecular formula is C17H11F3N2O2. The van der Waals surface area contributed by atoms with Crippen LogP contribution in [0.2, 0.25) is 0 Å². The molecule has 0 radical (unpaired) electrons. The number of benzene rings is 1. The van der Waals surface area contributed by atoms with E-state index in [-0.39, 0.29) is 0 Å². The quantitative estimate of drug-likeness (QED) is 0.716. The molecule has 0 spiro atoms. The minimum atomic E-state index is -4.61. The molecule has 0 atom stereocenters. The Bertz CT molecular complexity index is 877. The van der Waals surface area contributed by atoms with E-state index in [1.54, 1.807) is 24.3 Å². The Morgan fingerprint density at radius 1 is 1.08 bits per heavy atom. The third kappa shape index (κ3) is 3.29. The van der Waals surface area contributed by atoms with Crippen molar-refractivity contribution in [1.82, 2.24) is 9.78 Å². The summed E-state index contributed by atoms with van der Waals surface area (Å²) in [7, 11) is 0. The molecule has 122 valence electrons. The lowest BCUT2D eigenvalue weighted by Gasteiger charge is -2.11. The Morgan fingerprint density at radius 2 is 1.88 bits per heavy atom. The van der Waals surface area contributed by atoms with Gasteiger partial charge in [0.15, 0.2) is 0 Å². The van der Waals surface area contributed by atoms with E-state index in [1.807, 2.05) is 0 Å². The first-order chi connectivity index (χ1) is 11.4. The average molecular weight is 332 g/mol. The highest BCUT2D eigenvalue weighted by molar-refractivity contribution is 5.97. The van der Waals surface area contributed by atoms with E-state index in [1.165, 1.54) is 30.7 Å². The number of aromatic nitrogens is 2. The molecule has 0 aliphatic carbocycles. The average Bonchev–Trinajstić information content (AvgIpc) is 3.23. The Morgan fingerprint density at radius 3 is 2.58 bits per heavy atom. The van der Waals surface area contributed by atoms with Gasteiger partial charge in [-0.3, -0.25) is 4.79 Å². The lowest BCUT2D eigenvalue weighted by atomic mass is 10.1. The first-order valence-electron chi connectivity index (χ1n) is 6.93. The number of halogens is 3. The molecule has 0 saturated heterocycles. The van der Waals surface area contributed by atoms with Crippen LogP contribution < -0.4 is 0 Å². The number of carbonyl (C=O) groups excluding carboxylic acids is 1. The second kappa shape index (κ2) is 6.19. The van der Waals surface area contributed by atoms with Crippen LogP contribution in [0, 0.1) is 0 Å². The monoisotopic (exact) mass is 332 g/mol. The van der Waals surface area contributed by atoms with E-state index in [0.29, 0.717) is 11.5 Å². The highest BCUT2D eigenvalue weighted by Crippen LogP contribution is 2.32. The number of rotatable bonds is 3. The standard InChI is InChI=1S/C17H11F3N2O2/c18-17(19,20)15-6-2-1-5-14(15)16(23)22-10-9-12(21-22)7-8-13-4-3-11-24-13/h1-11H/b8-7+. The Hall–Kier alpha value is -3.09. The van der Waals surface area contributed by atoms with E-state index in [9.17, 15) is 18.0 Å². The van der Waals surface area contributed by atoms with Gasteiger partial charge in [0.05, 0.1) is 23.1 Å². The number of hydrogen-bond donors (Lipinski definition) is 0. The first kappa shape index (κ1) is 15.8. The van der Waals surface area contributed by atoms with Crippen LogP contribution in [0.5, 0.6) is 0 Å². The van der Waals surface area contributed by atoms with Crippen molar-refractivity contribution in [3.8, 4) is 0 Å². The Balaban J connectivity index is 1.87. The van der Waals surface area contributed by atoms with Gasteiger partial charge in [-0.2, -0.15) is 18.3 Å². The van der Waals surface area contributed by atoms with Crippen molar-refractivity contribution in [3.63, 3.8) is 0 Å². The summed E-state index contributed by atoms with van der Waals surface area (Å²) in [4.78, 5) is 12.3. The van der Waals surface area contributed by atoms with Gasteiger partial charge in [0, 0.05) is 6.20 Å². The van der Waals surface area contributed by atoms with Crippen molar-refractivity contribution >= 4 is 18.1 Å². The fourth-order valence-corrected chi connectivity index (χ4v) is 2.13. The van der Waals surface area contributed by atoms with Crippen molar-refractivity contribution in [1.29, 1.82) is 0 Å². The number of alkyl halides is 3. The molecule has 3 aromatic rings. The highest BCUT2D eigenvalue weighted by atomic mass is 19.4. The van der Waals surface area contributed by atoms with Crippen LogP contribution >= 0.6 is 0 Å². The van der Waals surface area contributed by atoms with E-state index in [2.05, 4.69) is 5.10 Å². The highest BCUT2D eigenvalue weighted by Gasteiger charge is 2.35. The Labute approximate surface area is 134 Å². The van der Waals surface area contributed by atoms with Gasteiger partial charge in [-0.05, 0) is 42.5 Å². The molecule has 0 aliphatic heterocycles. The minimum Gasteiger partial charge on any atom is -0.465 e. The van der Waals surface area contributed by atoms with Crippen molar-refractivity contribution in [3.05, 3.63) is 77.5 Å². The molecular weight excluding hydrogens is 321 g/mol. The molecule has 1 aromatic carbocycles. The van der Waals surface area contributed by atoms with Crippen LogP contribution in [-0.2, 0) is 6.18 Å². The van der Waals surface area contributed by atoms with Crippen molar-refractivity contribution < 1.29 is 22.4 Å².